The normalized spacial score (nSPS) is 15.0. The highest BCUT2D eigenvalue weighted by molar-refractivity contribution is 7.91. The van der Waals surface area contributed by atoms with Gasteiger partial charge in [-0.25, -0.2) is 8.42 Å². The molecule has 0 fully saturated rings. The molecule has 1 aliphatic heterocycles. The third-order valence-electron chi connectivity index (χ3n) is 5.29. The average molecular weight is 420 g/mol. The maximum Gasteiger partial charge on any atom is 0.251 e. The summed E-state index contributed by atoms with van der Waals surface area (Å²) in [5, 5.41) is 2.91. The van der Waals surface area contributed by atoms with Crippen LogP contribution >= 0.6 is 0 Å². The summed E-state index contributed by atoms with van der Waals surface area (Å²) in [4.78, 5) is 25.3. The Morgan fingerprint density at radius 1 is 0.900 bits per heavy atom. The van der Waals surface area contributed by atoms with Gasteiger partial charge in [0.1, 0.15) is 0 Å². The first-order valence-electron chi connectivity index (χ1n) is 9.75. The number of hydrogen-bond acceptors (Lipinski definition) is 4. The molecule has 1 N–H and O–H groups in total. The lowest BCUT2D eigenvalue weighted by molar-refractivity contribution is 0.0936. The average Bonchev–Trinajstić information content (AvgIpc) is 2.77. The van der Waals surface area contributed by atoms with Gasteiger partial charge >= 0.3 is 0 Å². The molecule has 3 aromatic rings. The molecule has 1 atom stereocenters. The summed E-state index contributed by atoms with van der Waals surface area (Å²) in [6.07, 6.45) is 1.58. The summed E-state index contributed by atoms with van der Waals surface area (Å²) < 4.78 is 26.0. The Labute approximate surface area is 175 Å². The molecule has 0 bridgehead atoms. The van der Waals surface area contributed by atoms with E-state index in [2.05, 4.69) is 5.32 Å². The molecule has 4 rings (SSSR count). The molecule has 0 radical (unpaired) electrons. The van der Waals surface area contributed by atoms with Crippen LogP contribution in [-0.4, -0.2) is 26.2 Å². The Morgan fingerprint density at radius 3 is 2.33 bits per heavy atom. The highest BCUT2D eigenvalue weighted by Gasteiger charge is 2.35. The van der Waals surface area contributed by atoms with E-state index in [9.17, 15) is 18.0 Å². The molecule has 1 unspecified atom stereocenters. The predicted molar refractivity (Wildman–Crippen MR) is 113 cm³/mol. The topological polar surface area (TPSA) is 80.3 Å². The number of carbonyl (C=O) groups excluding carboxylic acids is 2. The second kappa shape index (κ2) is 7.88. The molecule has 5 nitrogen and oxygen atoms in total. The molecular formula is C24H21NO4S. The van der Waals surface area contributed by atoms with Gasteiger partial charge in [0, 0.05) is 22.7 Å². The first-order chi connectivity index (χ1) is 14.4. The van der Waals surface area contributed by atoms with Gasteiger partial charge < -0.3 is 5.32 Å². The fourth-order valence-electron chi connectivity index (χ4n) is 3.63. The van der Waals surface area contributed by atoms with E-state index in [4.69, 9.17) is 0 Å². The molecule has 0 aliphatic carbocycles. The van der Waals surface area contributed by atoms with Crippen LogP contribution in [-0.2, 0) is 16.3 Å². The zero-order valence-corrected chi connectivity index (χ0v) is 17.3. The molecular weight excluding hydrogens is 398 g/mol. The van der Waals surface area contributed by atoms with Crippen molar-refractivity contribution in [2.75, 3.05) is 0 Å². The van der Waals surface area contributed by atoms with E-state index in [1.807, 2.05) is 37.3 Å². The summed E-state index contributed by atoms with van der Waals surface area (Å²) in [6.45, 7) is 1.91. The van der Waals surface area contributed by atoms with Crippen LogP contribution in [0.3, 0.4) is 0 Å². The zero-order chi connectivity index (χ0) is 21.3. The summed E-state index contributed by atoms with van der Waals surface area (Å²) >= 11 is 0. The Hall–Kier alpha value is -3.25. The number of nitrogens with one attached hydrogen (secondary N) is 1. The minimum atomic E-state index is -3.87. The van der Waals surface area contributed by atoms with Crippen LogP contribution in [0.2, 0.25) is 0 Å². The number of benzene rings is 3. The summed E-state index contributed by atoms with van der Waals surface area (Å²) in [5.74, 6) is -0.710. The van der Waals surface area contributed by atoms with Crippen LogP contribution in [0.1, 0.15) is 45.2 Å². The third-order valence-corrected chi connectivity index (χ3v) is 7.14. The number of rotatable bonds is 5. The van der Waals surface area contributed by atoms with Crippen molar-refractivity contribution in [2.24, 2.45) is 0 Å². The molecule has 1 aliphatic rings. The Bertz CT molecular complexity index is 1230. The van der Waals surface area contributed by atoms with Gasteiger partial charge in [0.25, 0.3) is 5.91 Å². The number of carbonyl (C=O) groups is 2. The van der Waals surface area contributed by atoms with Gasteiger partial charge in [0.2, 0.25) is 9.84 Å². The summed E-state index contributed by atoms with van der Waals surface area (Å²) in [6, 6.07) is 20.3. The van der Waals surface area contributed by atoms with Crippen molar-refractivity contribution in [1.29, 1.82) is 0 Å². The van der Waals surface area contributed by atoms with Crippen LogP contribution in [0.4, 0.5) is 0 Å². The van der Waals surface area contributed by atoms with Crippen molar-refractivity contribution < 1.29 is 18.0 Å². The molecule has 152 valence electrons. The number of hydrogen-bond donors (Lipinski definition) is 1. The van der Waals surface area contributed by atoms with E-state index < -0.39 is 9.84 Å². The Kier molecular flexibility index (Phi) is 5.26. The van der Waals surface area contributed by atoms with E-state index in [0.29, 0.717) is 0 Å². The van der Waals surface area contributed by atoms with E-state index in [1.165, 1.54) is 35.9 Å². The number of amides is 1. The van der Waals surface area contributed by atoms with Crippen molar-refractivity contribution in [3.63, 3.8) is 0 Å². The molecule has 3 aromatic carbocycles. The molecule has 0 aromatic heterocycles. The lowest BCUT2D eigenvalue weighted by Gasteiger charge is -2.20. The van der Waals surface area contributed by atoms with Crippen LogP contribution < -0.4 is 5.32 Å². The standard InChI is InChI=1S/C24H21NO4S/c1-16(11-12-17-7-3-2-4-8-17)25-24(27)18-13-14-20-22(15-18)30(28,29)21-10-6-5-9-19(21)23(20)26/h2-10,13-16H,11-12H2,1H3,(H,25,27). The largest absolute Gasteiger partial charge is 0.350 e. The first kappa shape index (κ1) is 20.0. The molecule has 0 saturated heterocycles. The van der Waals surface area contributed by atoms with Crippen LogP contribution in [0, 0.1) is 0 Å². The van der Waals surface area contributed by atoms with Gasteiger partial charge in [-0.1, -0.05) is 42.5 Å². The van der Waals surface area contributed by atoms with Crippen molar-refractivity contribution in [1.82, 2.24) is 5.32 Å². The Morgan fingerprint density at radius 2 is 1.57 bits per heavy atom. The maximum atomic E-state index is 13.0. The predicted octanol–water partition coefficient (Wildman–Crippen LogP) is 3.81. The van der Waals surface area contributed by atoms with Crippen molar-refractivity contribution in [3.8, 4) is 0 Å². The Balaban J connectivity index is 1.54. The number of ketones is 1. The van der Waals surface area contributed by atoms with Gasteiger partial charge in [-0.05, 0) is 55.7 Å². The second-order valence-electron chi connectivity index (χ2n) is 7.44. The lowest BCUT2D eigenvalue weighted by Crippen LogP contribution is -2.33. The van der Waals surface area contributed by atoms with Gasteiger partial charge in [0.15, 0.2) is 5.78 Å². The van der Waals surface area contributed by atoms with E-state index in [0.717, 1.165) is 12.8 Å². The molecule has 0 spiro atoms. The molecule has 1 amide bonds. The van der Waals surface area contributed by atoms with Gasteiger partial charge in [-0.2, -0.15) is 0 Å². The number of aryl methyl sites for hydroxylation is 1. The second-order valence-corrected chi connectivity index (χ2v) is 9.32. The highest BCUT2D eigenvalue weighted by atomic mass is 32.2. The van der Waals surface area contributed by atoms with E-state index >= 15 is 0 Å². The SMILES string of the molecule is CC(CCc1ccccc1)NC(=O)c1ccc2c(c1)S(=O)(=O)c1ccccc1C2=O. The molecule has 30 heavy (non-hydrogen) atoms. The summed E-state index contributed by atoms with van der Waals surface area (Å²) in [5.41, 5.74) is 1.67. The van der Waals surface area contributed by atoms with E-state index in [-0.39, 0.29) is 44.2 Å². The monoisotopic (exact) mass is 419 g/mol. The summed E-state index contributed by atoms with van der Waals surface area (Å²) in [7, 11) is -3.87. The molecule has 6 heteroatoms. The smallest absolute Gasteiger partial charge is 0.251 e. The third kappa shape index (κ3) is 3.66. The van der Waals surface area contributed by atoms with Crippen LogP contribution in [0.5, 0.6) is 0 Å². The van der Waals surface area contributed by atoms with Crippen molar-refractivity contribution in [3.05, 3.63) is 95.1 Å². The van der Waals surface area contributed by atoms with Crippen LogP contribution in [0.15, 0.2) is 82.6 Å². The minimum absolute atomic E-state index is 0.0173. The van der Waals surface area contributed by atoms with Crippen LogP contribution in [0.25, 0.3) is 0 Å². The van der Waals surface area contributed by atoms with E-state index in [1.54, 1.807) is 12.1 Å². The van der Waals surface area contributed by atoms with Crippen molar-refractivity contribution >= 4 is 21.5 Å². The fourth-order valence-corrected chi connectivity index (χ4v) is 5.31. The molecule has 0 saturated carbocycles. The minimum Gasteiger partial charge on any atom is -0.350 e. The van der Waals surface area contributed by atoms with Gasteiger partial charge in [0.05, 0.1) is 9.79 Å². The maximum absolute atomic E-state index is 13.0. The molecule has 1 heterocycles. The fraction of sp³-hybridized carbons (Fsp3) is 0.167. The quantitative estimate of drug-likeness (QED) is 0.533. The first-order valence-corrected chi connectivity index (χ1v) is 11.2. The van der Waals surface area contributed by atoms with Crippen molar-refractivity contribution in [2.45, 2.75) is 35.6 Å². The highest BCUT2D eigenvalue weighted by Crippen LogP contribution is 2.34. The van der Waals surface area contributed by atoms with Gasteiger partial charge in [-0.3, -0.25) is 9.59 Å². The zero-order valence-electron chi connectivity index (χ0n) is 16.5. The number of fused-ring (bicyclic) bond motifs is 2. The van der Waals surface area contributed by atoms with Gasteiger partial charge in [-0.15, -0.1) is 0 Å². The number of sulfone groups is 1. The lowest BCUT2D eigenvalue weighted by atomic mass is 10.0.